The average molecular weight is 551 g/mol. The van der Waals surface area contributed by atoms with Crippen LogP contribution in [0.2, 0.25) is 10.0 Å². The van der Waals surface area contributed by atoms with Gasteiger partial charge in [0.1, 0.15) is 17.6 Å². The maximum Gasteiger partial charge on any atom is 0.419 e. The monoisotopic (exact) mass is 550 g/mol. The van der Waals surface area contributed by atoms with Gasteiger partial charge in [0, 0.05) is 37.8 Å². The highest BCUT2D eigenvalue weighted by molar-refractivity contribution is 6.42. The van der Waals surface area contributed by atoms with Gasteiger partial charge in [0.15, 0.2) is 0 Å². The fourth-order valence-corrected chi connectivity index (χ4v) is 4.84. The Balaban J connectivity index is 1.61. The minimum Gasteiger partial charge on any atom is -0.336 e. The number of hydrogen-bond acceptors (Lipinski definition) is 4. The molecule has 2 atom stereocenters. The van der Waals surface area contributed by atoms with Crippen LogP contribution in [0.1, 0.15) is 38.7 Å². The van der Waals surface area contributed by atoms with Crippen molar-refractivity contribution in [1.29, 1.82) is 5.26 Å². The lowest BCUT2D eigenvalue weighted by atomic mass is 9.93. The maximum atomic E-state index is 14.2. The molecule has 11 heteroatoms. The number of halogens is 6. The number of pyridine rings is 1. The fourth-order valence-electron chi connectivity index (χ4n) is 4.53. The topological polar surface area (TPSA) is 60.2 Å². The Morgan fingerprint density at radius 3 is 2.49 bits per heavy atom. The van der Waals surface area contributed by atoms with Crippen LogP contribution in [-0.2, 0) is 12.7 Å². The SMILES string of the molecule is CN(Cc1ccc(C(F)(F)F)c(F)c1)[C@H]1CN(C(=O)c2ccc(C#N)nc2)C[C@@H]1c1ccc(Cl)c(Cl)c1. The number of aromatic nitrogens is 1. The zero-order valence-electron chi connectivity index (χ0n) is 19.4. The lowest BCUT2D eigenvalue weighted by Gasteiger charge is -2.29. The van der Waals surface area contributed by atoms with E-state index in [-0.39, 0.29) is 30.1 Å². The summed E-state index contributed by atoms with van der Waals surface area (Å²) in [6, 6.07) is 12.7. The molecule has 0 saturated carbocycles. The molecule has 37 heavy (non-hydrogen) atoms. The van der Waals surface area contributed by atoms with Crippen LogP contribution in [0.5, 0.6) is 0 Å². The minimum atomic E-state index is -4.78. The van der Waals surface area contributed by atoms with Crippen LogP contribution in [-0.4, -0.2) is 46.9 Å². The molecule has 1 aliphatic heterocycles. The number of nitrogens with zero attached hydrogens (tertiary/aromatic N) is 4. The second kappa shape index (κ2) is 10.7. The Morgan fingerprint density at radius 1 is 1.14 bits per heavy atom. The second-order valence-electron chi connectivity index (χ2n) is 8.83. The summed E-state index contributed by atoms with van der Waals surface area (Å²) in [4.78, 5) is 20.7. The Hall–Kier alpha value is -3.19. The largest absolute Gasteiger partial charge is 0.419 e. The van der Waals surface area contributed by atoms with Crippen LogP contribution in [0.25, 0.3) is 0 Å². The number of nitriles is 1. The smallest absolute Gasteiger partial charge is 0.336 e. The molecule has 0 unspecified atom stereocenters. The zero-order valence-corrected chi connectivity index (χ0v) is 20.9. The molecule has 192 valence electrons. The quantitative estimate of drug-likeness (QED) is 0.357. The van der Waals surface area contributed by atoms with Gasteiger partial charge in [-0.3, -0.25) is 9.69 Å². The van der Waals surface area contributed by atoms with Crippen molar-refractivity contribution in [2.75, 3.05) is 20.1 Å². The van der Waals surface area contributed by atoms with Crippen molar-refractivity contribution >= 4 is 29.1 Å². The number of hydrogen-bond donors (Lipinski definition) is 0. The van der Waals surface area contributed by atoms with Crippen molar-refractivity contribution in [3.05, 3.63) is 98.5 Å². The summed E-state index contributed by atoms with van der Waals surface area (Å²) in [7, 11) is 1.77. The van der Waals surface area contributed by atoms with E-state index in [0.29, 0.717) is 34.3 Å². The van der Waals surface area contributed by atoms with Crippen molar-refractivity contribution in [2.24, 2.45) is 0 Å². The molecular weight excluding hydrogens is 531 g/mol. The van der Waals surface area contributed by atoms with Crippen molar-refractivity contribution < 1.29 is 22.4 Å². The van der Waals surface area contributed by atoms with Gasteiger partial charge in [0.2, 0.25) is 0 Å². The van der Waals surface area contributed by atoms with Crippen LogP contribution in [0.3, 0.4) is 0 Å². The minimum absolute atomic E-state index is 0.151. The summed E-state index contributed by atoms with van der Waals surface area (Å²) in [5.74, 6) is -1.83. The molecule has 0 spiro atoms. The molecule has 0 radical (unpaired) electrons. The fraction of sp³-hybridized carbons (Fsp3) is 0.269. The molecule has 2 heterocycles. The van der Waals surface area contributed by atoms with Crippen LogP contribution in [0, 0.1) is 17.1 Å². The van der Waals surface area contributed by atoms with E-state index in [1.54, 1.807) is 24.1 Å². The third-order valence-electron chi connectivity index (χ3n) is 6.41. The molecular formula is C26H20Cl2F4N4O. The first-order valence-corrected chi connectivity index (χ1v) is 11.9. The van der Waals surface area contributed by atoms with E-state index in [1.165, 1.54) is 24.4 Å². The average Bonchev–Trinajstić information content (AvgIpc) is 3.30. The van der Waals surface area contributed by atoms with Gasteiger partial charge in [-0.05, 0) is 54.6 Å². The number of benzene rings is 2. The first kappa shape index (κ1) is 26.9. The van der Waals surface area contributed by atoms with Crippen molar-refractivity contribution in [3.63, 3.8) is 0 Å². The molecule has 3 aromatic rings. The van der Waals surface area contributed by atoms with E-state index in [2.05, 4.69) is 4.98 Å². The Morgan fingerprint density at radius 2 is 1.89 bits per heavy atom. The lowest BCUT2D eigenvalue weighted by molar-refractivity contribution is -0.140. The molecule has 4 rings (SSSR count). The number of carbonyl (C=O) groups is 1. The summed E-state index contributed by atoms with van der Waals surface area (Å²) in [6.07, 6.45) is -3.43. The van der Waals surface area contributed by atoms with E-state index < -0.39 is 17.6 Å². The van der Waals surface area contributed by atoms with Crippen molar-refractivity contribution in [2.45, 2.75) is 24.7 Å². The summed E-state index contributed by atoms with van der Waals surface area (Å²) >= 11 is 12.3. The molecule has 0 bridgehead atoms. The van der Waals surface area contributed by atoms with E-state index in [1.807, 2.05) is 17.0 Å². The number of amides is 1. The van der Waals surface area contributed by atoms with E-state index >= 15 is 0 Å². The van der Waals surface area contributed by atoms with Gasteiger partial charge in [-0.1, -0.05) is 35.3 Å². The third-order valence-corrected chi connectivity index (χ3v) is 7.15. The van der Waals surface area contributed by atoms with Gasteiger partial charge in [-0.25, -0.2) is 9.37 Å². The van der Waals surface area contributed by atoms with Crippen LogP contribution in [0.4, 0.5) is 17.6 Å². The highest BCUT2D eigenvalue weighted by Crippen LogP contribution is 2.36. The molecule has 1 fully saturated rings. The van der Waals surface area contributed by atoms with E-state index in [0.717, 1.165) is 17.7 Å². The number of alkyl halides is 3. The van der Waals surface area contributed by atoms with Crippen LogP contribution in [0.15, 0.2) is 54.7 Å². The summed E-state index contributed by atoms with van der Waals surface area (Å²) in [5, 5.41) is 9.69. The summed E-state index contributed by atoms with van der Waals surface area (Å²) in [6.45, 7) is 0.772. The first-order valence-electron chi connectivity index (χ1n) is 11.1. The Bertz CT molecular complexity index is 1360. The number of rotatable bonds is 5. The summed E-state index contributed by atoms with van der Waals surface area (Å²) < 4.78 is 53.0. The van der Waals surface area contributed by atoms with Gasteiger partial charge in [-0.15, -0.1) is 0 Å². The third kappa shape index (κ3) is 5.87. The zero-order chi connectivity index (χ0) is 26.9. The van der Waals surface area contributed by atoms with Crippen LogP contribution < -0.4 is 0 Å². The summed E-state index contributed by atoms with van der Waals surface area (Å²) in [5.41, 5.74) is 0.384. The predicted octanol–water partition coefficient (Wildman–Crippen LogP) is 6.16. The highest BCUT2D eigenvalue weighted by Gasteiger charge is 2.39. The highest BCUT2D eigenvalue weighted by atomic mass is 35.5. The standard InChI is InChI=1S/C26H20Cl2F4N4O/c1-35(12-15-2-6-20(23(29)8-15)26(30,31)32)24-14-36(25(37)17-3-5-18(10-33)34-11-17)13-19(24)16-4-7-21(27)22(28)9-16/h2-9,11,19,24H,12-14H2,1H3/t19-,24+/m1/s1. The lowest BCUT2D eigenvalue weighted by Crippen LogP contribution is -2.38. The molecule has 1 amide bonds. The molecule has 5 nitrogen and oxygen atoms in total. The van der Waals surface area contributed by atoms with Gasteiger partial charge in [0.25, 0.3) is 5.91 Å². The molecule has 1 aromatic heterocycles. The van der Waals surface area contributed by atoms with E-state index in [4.69, 9.17) is 28.5 Å². The van der Waals surface area contributed by atoms with Gasteiger partial charge in [0.05, 0.1) is 21.2 Å². The Labute approximate surface area is 220 Å². The van der Waals surface area contributed by atoms with E-state index in [9.17, 15) is 22.4 Å². The number of carbonyl (C=O) groups excluding carboxylic acids is 1. The predicted molar refractivity (Wildman–Crippen MR) is 131 cm³/mol. The van der Waals surface area contributed by atoms with Crippen molar-refractivity contribution in [3.8, 4) is 6.07 Å². The first-order chi connectivity index (χ1) is 17.5. The normalized spacial score (nSPS) is 17.8. The van der Waals surface area contributed by atoms with Crippen LogP contribution >= 0.6 is 23.2 Å². The number of likely N-dealkylation sites (N-methyl/N-ethyl adjacent to an activating group) is 1. The second-order valence-corrected chi connectivity index (χ2v) is 9.64. The van der Waals surface area contributed by atoms with Gasteiger partial charge < -0.3 is 4.90 Å². The molecule has 1 saturated heterocycles. The molecule has 2 aromatic carbocycles. The van der Waals surface area contributed by atoms with Gasteiger partial charge >= 0.3 is 6.18 Å². The number of likely N-dealkylation sites (tertiary alicyclic amines) is 1. The Kier molecular flexibility index (Phi) is 7.74. The molecule has 1 aliphatic rings. The molecule has 0 N–H and O–H groups in total. The van der Waals surface area contributed by atoms with Crippen molar-refractivity contribution in [1.82, 2.24) is 14.8 Å². The van der Waals surface area contributed by atoms with Gasteiger partial charge in [-0.2, -0.15) is 18.4 Å². The molecule has 0 aliphatic carbocycles. The maximum absolute atomic E-state index is 14.2.